The molecule has 0 amide bonds. The van der Waals surface area contributed by atoms with E-state index >= 15 is 0 Å². The largest absolute Gasteiger partial charge is 0.493 e. The summed E-state index contributed by atoms with van der Waals surface area (Å²) in [5.74, 6) is 1.86. The normalized spacial score (nSPS) is 10.5. The topological polar surface area (TPSA) is 56.3 Å². The van der Waals surface area contributed by atoms with Gasteiger partial charge in [0, 0.05) is 23.3 Å². The Morgan fingerprint density at radius 2 is 1.73 bits per heavy atom. The Labute approximate surface area is 128 Å². The molecule has 0 aliphatic heterocycles. The van der Waals surface area contributed by atoms with Gasteiger partial charge in [0.05, 0.1) is 19.7 Å². The molecule has 0 fully saturated rings. The van der Waals surface area contributed by atoms with Crippen LogP contribution in [0.4, 0.5) is 11.6 Å². The fourth-order valence-electron chi connectivity index (χ4n) is 2.25. The van der Waals surface area contributed by atoms with E-state index in [0.29, 0.717) is 17.4 Å². The summed E-state index contributed by atoms with van der Waals surface area (Å²) in [6.07, 6.45) is 1.77. The number of hydrogen-bond donors (Lipinski definition) is 1. The van der Waals surface area contributed by atoms with Gasteiger partial charge in [-0.05, 0) is 24.6 Å². The molecule has 0 aliphatic rings. The van der Waals surface area contributed by atoms with Crippen molar-refractivity contribution in [1.29, 1.82) is 0 Å². The lowest BCUT2D eigenvalue weighted by molar-refractivity contribution is 0.356. The lowest BCUT2D eigenvalue weighted by Gasteiger charge is -2.11. The Balaban J connectivity index is 2.00. The highest BCUT2D eigenvalue weighted by Gasteiger charge is 2.08. The van der Waals surface area contributed by atoms with Crippen molar-refractivity contribution >= 4 is 22.5 Å². The molecule has 5 heteroatoms. The Hall–Kier alpha value is -2.82. The summed E-state index contributed by atoms with van der Waals surface area (Å²) in [7, 11) is 3.22. The molecule has 0 aliphatic carbocycles. The molecule has 1 heterocycles. The van der Waals surface area contributed by atoms with Gasteiger partial charge in [0.1, 0.15) is 0 Å². The fourth-order valence-corrected chi connectivity index (χ4v) is 2.25. The van der Waals surface area contributed by atoms with Crippen LogP contribution in [0.5, 0.6) is 11.5 Å². The minimum absolute atomic E-state index is 0.550. The van der Waals surface area contributed by atoms with E-state index in [1.54, 1.807) is 20.4 Å². The molecule has 1 N–H and O–H groups in total. The Bertz CT molecular complexity index is 818. The van der Waals surface area contributed by atoms with E-state index < -0.39 is 0 Å². The van der Waals surface area contributed by atoms with Crippen molar-refractivity contribution in [1.82, 2.24) is 9.97 Å². The summed E-state index contributed by atoms with van der Waals surface area (Å²) in [5, 5.41) is 4.13. The van der Waals surface area contributed by atoms with Crippen LogP contribution < -0.4 is 14.8 Å². The SMILES string of the molecule is COc1cc2cnc(Nc3ccccc3C)nc2cc1OC. The zero-order chi connectivity index (χ0) is 15.5. The van der Waals surface area contributed by atoms with E-state index in [-0.39, 0.29) is 0 Å². The van der Waals surface area contributed by atoms with Gasteiger partial charge in [0.2, 0.25) is 5.95 Å². The van der Waals surface area contributed by atoms with Crippen molar-refractivity contribution in [2.24, 2.45) is 0 Å². The molecule has 5 nitrogen and oxygen atoms in total. The van der Waals surface area contributed by atoms with E-state index in [9.17, 15) is 0 Å². The first-order chi connectivity index (χ1) is 10.7. The second kappa shape index (κ2) is 5.89. The Morgan fingerprint density at radius 1 is 1.00 bits per heavy atom. The van der Waals surface area contributed by atoms with Crippen LogP contribution in [-0.4, -0.2) is 24.2 Å². The number of benzene rings is 2. The van der Waals surface area contributed by atoms with Gasteiger partial charge < -0.3 is 14.8 Å². The second-order valence-electron chi connectivity index (χ2n) is 4.90. The third kappa shape index (κ3) is 2.65. The highest BCUT2D eigenvalue weighted by Crippen LogP contribution is 2.31. The number of anilines is 2. The molecule has 0 spiro atoms. The van der Waals surface area contributed by atoms with Crippen molar-refractivity contribution in [3.05, 3.63) is 48.2 Å². The molecule has 112 valence electrons. The van der Waals surface area contributed by atoms with Crippen LogP contribution in [0.2, 0.25) is 0 Å². The number of aryl methyl sites for hydroxylation is 1. The van der Waals surface area contributed by atoms with Crippen molar-refractivity contribution in [3.63, 3.8) is 0 Å². The smallest absolute Gasteiger partial charge is 0.227 e. The number of fused-ring (bicyclic) bond motifs is 1. The van der Waals surface area contributed by atoms with Gasteiger partial charge in [0.15, 0.2) is 11.5 Å². The maximum atomic E-state index is 5.32. The first kappa shape index (κ1) is 14.1. The van der Waals surface area contributed by atoms with E-state index in [1.807, 2.05) is 43.3 Å². The van der Waals surface area contributed by atoms with Gasteiger partial charge in [-0.1, -0.05) is 18.2 Å². The van der Waals surface area contributed by atoms with Crippen LogP contribution in [0, 0.1) is 6.92 Å². The van der Waals surface area contributed by atoms with Gasteiger partial charge in [-0.2, -0.15) is 0 Å². The molecule has 0 atom stereocenters. The first-order valence-corrected chi connectivity index (χ1v) is 6.92. The van der Waals surface area contributed by atoms with Gasteiger partial charge in [0.25, 0.3) is 0 Å². The molecule has 0 unspecified atom stereocenters. The number of aromatic nitrogens is 2. The van der Waals surface area contributed by atoms with E-state index in [0.717, 1.165) is 22.2 Å². The number of rotatable bonds is 4. The molecule has 1 aromatic heterocycles. The number of methoxy groups -OCH3 is 2. The summed E-state index contributed by atoms with van der Waals surface area (Å²) >= 11 is 0. The van der Waals surface area contributed by atoms with E-state index in [1.165, 1.54) is 0 Å². The number of nitrogens with one attached hydrogen (secondary N) is 1. The van der Waals surface area contributed by atoms with Crippen molar-refractivity contribution in [2.75, 3.05) is 19.5 Å². The zero-order valence-corrected chi connectivity index (χ0v) is 12.8. The number of ether oxygens (including phenoxy) is 2. The molecule has 0 saturated heterocycles. The standard InChI is InChI=1S/C17H17N3O2/c1-11-6-4-5-7-13(11)19-17-18-10-12-8-15(21-2)16(22-3)9-14(12)20-17/h4-10H,1-3H3,(H,18,19,20). The molecular weight excluding hydrogens is 278 g/mol. The monoisotopic (exact) mass is 295 g/mol. The summed E-state index contributed by atoms with van der Waals surface area (Å²) in [6.45, 7) is 2.04. The van der Waals surface area contributed by atoms with Crippen LogP contribution in [0.1, 0.15) is 5.56 Å². The molecule has 22 heavy (non-hydrogen) atoms. The highest BCUT2D eigenvalue weighted by atomic mass is 16.5. The maximum absolute atomic E-state index is 5.32. The summed E-state index contributed by atoms with van der Waals surface area (Å²) < 4.78 is 10.6. The van der Waals surface area contributed by atoms with Crippen LogP contribution in [0.15, 0.2) is 42.6 Å². The lowest BCUT2D eigenvalue weighted by Crippen LogP contribution is -1.99. The predicted molar refractivity (Wildman–Crippen MR) is 87.1 cm³/mol. The minimum Gasteiger partial charge on any atom is -0.493 e. The molecule has 2 aromatic carbocycles. The zero-order valence-electron chi connectivity index (χ0n) is 12.8. The third-order valence-electron chi connectivity index (χ3n) is 3.48. The predicted octanol–water partition coefficient (Wildman–Crippen LogP) is 3.70. The first-order valence-electron chi connectivity index (χ1n) is 6.92. The lowest BCUT2D eigenvalue weighted by atomic mass is 10.2. The number of hydrogen-bond acceptors (Lipinski definition) is 5. The molecule has 3 aromatic rings. The van der Waals surface area contributed by atoms with E-state index in [2.05, 4.69) is 15.3 Å². The van der Waals surface area contributed by atoms with Gasteiger partial charge in [-0.25, -0.2) is 9.97 Å². The van der Waals surface area contributed by atoms with Crippen LogP contribution >= 0.6 is 0 Å². The Kier molecular flexibility index (Phi) is 3.78. The molecule has 0 bridgehead atoms. The molecule has 0 saturated carbocycles. The Morgan fingerprint density at radius 3 is 2.45 bits per heavy atom. The average Bonchev–Trinajstić information content (AvgIpc) is 2.55. The summed E-state index contributed by atoms with van der Waals surface area (Å²) in [6, 6.07) is 11.7. The van der Waals surface area contributed by atoms with Crippen LogP contribution in [0.25, 0.3) is 10.9 Å². The van der Waals surface area contributed by atoms with Crippen LogP contribution in [-0.2, 0) is 0 Å². The number of para-hydroxylation sites is 1. The average molecular weight is 295 g/mol. The van der Waals surface area contributed by atoms with Crippen LogP contribution in [0.3, 0.4) is 0 Å². The molecule has 0 radical (unpaired) electrons. The molecule has 3 rings (SSSR count). The van der Waals surface area contributed by atoms with E-state index in [4.69, 9.17) is 9.47 Å². The minimum atomic E-state index is 0.550. The summed E-state index contributed by atoms with van der Waals surface area (Å²) in [4.78, 5) is 8.89. The van der Waals surface area contributed by atoms with Crippen molar-refractivity contribution in [3.8, 4) is 11.5 Å². The maximum Gasteiger partial charge on any atom is 0.227 e. The fraction of sp³-hybridized carbons (Fsp3) is 0.176. The number of nitrogens with zero attached hydrogens (tertiary/aromatic N) is 2. The second-order valence-corrected chi connectivity index (χ2v) is 4.90. The van der Waals surface area contributed by atoms with Gasteiger partial charge in [-0.3, -0.25) is 0 Å². The van der Waals surface area contributed by atoms with Gasteiger partial charge in [-0.15, -0.1) is 0 Å². The quantitative estimate of drug-likeness (QED) is 0.795. The molecular formula is C17H17N3O2. The van der Waals surface area contributed by atoms with Gasteiger partial charge >= 0.3 is 0 Å². The summed E-state index contributed by atoms with van der Waals surface area (Å²) in [5.41, 5.74) is 2.92. The van der Waals surface area contributed by atoms with Crippen molar-refractivity contribution < 1.29 is 9.47 Å². The third-order valence-corrected chi connectivity index (χ3v) is 3.48. The highest BCUT2D eigenvalue weighted by molar-refractivity contribution is 5.83. The van der Waals surface area contributed by atoms with Crippen molar-refractivity contribution in [2.45, 2.75) is 6.92 Å².